The summed E-state index contributed by atoms with van der Waals surface area (Å²) in [6.45, 7) is 7.42. The summed E-state index contributed by atoms with van der Waals surface area (Å²) in [4.78, 5) is 2.31. The molecule has 2 aliphatic rings. The van der Waals surface area contributed by atoms with Gasteiger partial charge in [-0.05, 0) is 75.1 Å². The maximum atomic E-state index is 10.1. The molecule has 0 bridgehead atoms. The number of fused-ring (bicyclic) bond motifs is 1. The fraction of sp³-hybridized carbons (Fsp3) is 0.417. The van der Waals surface area contributed by atoms with Crippen LogP contribution in [0.5, 0.6) is 5.75 Å². The molecule has 0 amide bonds. The van der Waals surface area contributed by atoms with Crippen LogP contribution in [0.4, 0.5) is 0 Å². The molecule has 1 saturated heterocycles. The molecule has 2 heterocycles. The average Bonchev–Trinajstić information content (AvgIpc) is 3.41. The molecule has 0 spiro atoms. The molecule has 3 aromatic rings. The third-order valence-electron chi connectivity index (χ3n) is 6.59. The molecule has 0 unspecified atom stereocenters. The normalized spacial score (nSPS) is 23.0. The van der Waals surface area contributed by atoms with Crippen molar-refractivity contribution < 1.29 is 9.84 Å². The van der Waals surface area contributed by atoms with E-state index >= 15 is 0 Å². The van der Waals surface area contributed by atoms with Gasteiger partial charge in [-0.15, -0.1) is 10.2 Å². The number of aryl methyl sites for hydroxylation is 3. The van der Waals surface area contributed by atoms with E-state index in [9.17, 15) is 5.11 Å². The lowest BCUT2D eigenvalue weighted by Crippen LogP contribution is -2.39. The Hall–Kier alpha value is -2.12. The second-order valence-corrected chi connectivity index (χ2v) is 9.63. The van der Waals surface area contributed by atoms with Crippen molar-refractivity contribution >= 4 is 23.2 Å². The van der Waals surface area contributed by atoms with Crippen molar-refractivity contribution in [3.8, 4) is 11.4 Å². The molecule has 8 heteroatoms. The van der Waals surface area contributed by atoms with Crippen molar-refractivity contribution in [3.63, 3.8) is 0 Å². The van der Waals surface area contributed by atoms with E-state index in [0.29, 0.717) is 16.6 Å². The number of aliphatic hydroxyl groups is 1. The molecule has 32 heavy (non-hydrogen) atoms. The average molecular weight is 473 g/mol. The van der Waals surface area contributed by atoms with E-state index in [0.717, 1.165) is 59.2 Å². The first-order chi connectivity index (χ1) is 15.3. The molecular weight excluding hydrogens is 447 g/mol. The van der Waals surface area contributed by atoms with Gasteiger partial charge in [-0.2, -0.15) is 0 Å². The Morgan fingerprint density at radius 3 is 2.47 bits per heavy atom. The predicted molar refractivity (Wildman–Crippen MR) is 125 cm³/mol. The number of aliphatic hydroxyl groups excluding tert-OH is 1. The van der Waals surface area contributed by atoms with E-state index in [2.05, 4.69) is 21.2 Å². The van der Waals surface area contributed by atoms with Crippen LogP contribution < -0.4 is 4.74 Å². The van der Waals surface area contributed by atoms with E-state index in [1.54, 1.807) is 6.07 Å². The Bertz CT molecular complexity index is 1160. The van der Waals surface area contributed by atoms with Crippen LogP contribution in [0.15, 0.2) is 30.3 Å². The Kier molecular flexibility index (Phi) is 5.66. The summed E-state index contributed by atoms with van der Waals surface area (Å²) in [5.41, 5.74) is 4.14. The largest absolute Gasteiger partial charge is 0.484 e. The van der Waals surface area contributed by atoms with Gasteiger partial charge < -0.3 is 9.84 Å². The Balaban J connectivity index is 1.50. The highest BCUT2D eigenvalue weighted by Crippen LogP contribution is 2.44. The lowest BCUT2D eigenvalue weighted by molar-refractivity contribution is 0.0814. The maximum absolute atomic E-state index is 10.1. The number of aromatic nitrogens is 3. The minimum Gasteiger partial charge on any atom is -0.484 e. The first-order valence-corrected chi connectivity index (χ1v) is 11.6. The smallest absolute Gasteiger partial charge is 0.140 e. The van der Waals surface area contributed by atoms with Crippen LogP contribution in [-0.2, 0) is 6.42 Å². The van der Waals surface area contributed by atoms with Gasteiger partial charge in [-0.1, -0.05) is 23.2 Å². The zero-order valence-electron chi connectivity index (χ0n) is 18.3. The standard InChI is InChI=1S/C24H26Cl2N4O2/c1-13-8-17(30-14(2)27-28-15(30)3)4-5-23(13)32-24-20-9-16(25)10-21(26)19(20)11-22(24)29-7-6-18(31)12-29/h4-5,8-10,18,22,24,31H,6-7,11-12H2,1-3H3/t18-,22+,24+/m1/s1. The number of benzene rings is 2. The summed E-state index contributed by atoms with van der Waals surface area (Å²) in [7, 11) is 0. The predicted octanol–water partition coefficient (Wildman–Crippen LogP) is 4.61. The zero-order chi connectivity index (χ0) is 22.6. The molecular formula is C24H26Cl2N4O2. The molecule has 3 atom stereocenters. The van der Waals surface area contributed by atoms with Gasteiger partial charge >= 0.3 is 0 Å². The quantitative estimate of drug-likeness (QED) is 0.600. The van der Waals surface area contributed by atoms with Gasteiger partial charge in [0.1, 0.15) is 23.5 Å². The van der Waals surface area contributed by atoms with Crippen LogP contribution in [0.2, 0.25) is 10.0 Å². The van der Waals surface area contributed by atoms with Gasteiger partial charge in [0.2, 0.25) is 0 Å². The SMILES string of the molecule is Cc1cc(-n2c(C)nnc2C)ccc1O[C@H]1c2cc(Cl)cc(Cl)c2C[C@@H]1N1CC[C@@H](O)C1. The van der Waals surface area contributed by atoms with Crippen LogP contribution in [0.25, 0.3) is 5.69 Å². The second kappa shape index (κ2) is 8.34. The van der Waals surface area contributed by atoms with Crippen molar-refractivity contribution in [1.82, 2.24) is 19.7 Å². The van der Waals surface area contributed by atoms with E-state index in [1.165, 1.54) is 0 Å². The second-order valence-electron chi connectivity index (χ2n) is 8.78. The maximum Gasteiger partial charge on any atom is 0.140 e. The van der Waals surface area contributed by atoms with Crippen LogP contribution >= 0.6 is 23.2 Å². The lowest BCUT2D eigenvalue weighted by Gasteiger charge is -2.30. The number of hydrogen-bond acceptors (Lipinski definition) is 5. The minimum atomic E-state index is -0.297. The van der Waals surface area contributed by atoms with Crippen LogP contribution in [0.1, 0.15) is 40.9 Å². The van der Waals surface area contributed by atoms with Crippen molar-refractivity contribution in [2.45, 2.75) is 51.9 Å². The third kappa shape index (κ3) is 3.79. The number of rotatable bonds is 4. The molecule has 1 aromatic heterocycles. The number of nitrogens with zero attached hydrogens (tertiary/aromatic N) is 4. The lowest BCUT2D eigenvalue weighted by atomic mass is 10.1. The number of β-amino-alcohol motifs (C(OH)–C–C–N with tert-alkyl or cyclic N) is 1. The van der Waals surface area contributed by atoms with Crippen LogP contribution in [0.3, 0.4) is 0 Å². The molecule has 6 nitrogen and oxygen atoms in total. The molecule has 0 saturated carbocycles. The van der Waals surface area contributed by atoms with E-state index < -0.39 is 0 Å². The highest BCUT2D eigenvalue weighted by atomic mass is 35.5. The van der Waals surface area contributed by atoms with Crippen LogP contribution in [0, 0.1) is 20.8 Å². The van der Waals surface area contributed by atoms with Gasteiger partial charge in [0.05, 0.1) is 12.1 Å². The molecule has 5 rings (SSSR count). The summed E-state index contributed by atoms with van der Waals surface area (Å²) < 4.78 is 8.68. The van der Waals surface area contributed by atoms with Crippen molar-refractivity contribution in [2.24, 2.45) is 0 Å². The highest BCUT2D eigenvalue weighted by Gasteiger charge is 2.41. The van der Waals surface area contributed by atoms with Gasteiger partial charge in [0, 0.05) is 34.4 Å². The molecule has 168 valence electrons. The Morgan fingerprint density at radius 1 is 1.06 bits per heavy atom. The Labute approximate surface area is 197 Å². The minimum absolute atomic E-state index is 0.0968. The number of halogens is 2. The zero-order valence-corrected chi connectivity index (χ0v) is 19.9. The van der Waals surface area contributed by atoms with Gasteiger partial charge in [0.25, 0.3) is 0 Å². The van der Waals surface area contributed by atoms with Crippen molar-refractivity contribution in [1.29, 1.82) is 0 Å². The summed E-state index contributed by atoms with van der Waals surface area (Å²) in [5, 5.41) is 19.7. The Morgan fingerprint density at radius 2 is 1.81 bits per heavy atom. The van der Waals surface area contributed by atoms with Crippen molar-refractivity contribution in [3.05, 3.63) is 68.7 Å². The van der Waals surface area contributed by atoms with Gasteiger partial charge in [-0.3, -0.25) is 9.47 Å². The molecule has 2 aromatic carbocycles. The molecule has 1 fully saturated rings. The number of ether oxygens (including phenoxy) is 1. The third-order valence-corrected chi connectivity index (χ3v) is 7.14. The summed E-state index contributed by atoms with van der Waals surface area (Å²) in [5.74, 6) is 2.50. The fourth-order valence-electron chi connectivity index (χ4n) is 5.03. The molecule has 1 N–H and O–H groups in total. The monoisotopic (exact) mass is 472 g/mol. The number of likely N-dealkylation sites (tertiary alicyclic amines) is 1. The summed E-state index contributed by atoms with van der Waals surface area (Å²) in [6.07, 6.45) is 1.04. The molecule has 1 aliphatic carbocycles. The van der Waals surface area contributed by atoms with E-state index in [4.69, 9.17) is 27.9 Å². The van der Waals surface area contributed by atoms with E-state index in [1.807, 2.05) is 43.5 Å². The first kappa shape index (κ1) is 21.7. The highest BCUT2D eigenvalue weighted by molar-refractivity contribution is 6.35. The van der Waals surface area contributed by atoms with Gasteiger partial charge in [-0.25, -0.2) is 0 Å². The van der Waals surface area contributed by atoms with Crippen LogP contribution in [-0.4, -0.2) is 50.0 Å². The summed E-state index contributed by atoms with van der Waals surface area (Å²) in [6, 6.07) is 9.98. The first-order valence-electron chi connectivity index (χ1n) is 10.9. The molecule has 1 aliphatic heterocycles. The topological polar surface area (TPSA) is 63.4 Å². The number of hydrogen-bond donors (Lipinski definition) is 1. The van der Waals surface area contributed by atoms with Gasteiger partial charge in [0.15, 0.2) is 0 Å². The summed E-state index contributed by atoms with van der Waals surface area (Å²) >= 11 is 12.9. The molecule has 0 radical (unpaired) electrons. The van der Waals surface area contributed by atoms with Crippen molar-refractivity contribution in [2.75, 3.05) is 13.1 Å². The van der Waals surface area contributed by atoms with E-state index in [-0.39, 0.29) is 18.2 Å². The fourth-order valence-corrected chi connectivity index (χ4v) is 5.62.